The molecule has 0 spiro atoms. The van der Waals surface area contributed by atoms with Crippen LogP contribution in [0.25, 0.3) is 0 Å². The first-order chi connectivity index (χ1) is 12.4. The second-order valence-electron chi connectivity index (χ2n) is 5.29. The molecule has 1 aromatic carbocycles. The highest BCUT2D eigenvalue weighted by Gasteiger charge is 2.25. The van der Waals surface area contributed by atoms with Gasteiger partial charge in [0.05, 0.1) is 18.2 Å². The topological polar surface area (TPSA) is 77.5 Å². The van der Waals surface area contributed by atoms with Gasteiger partial charge in [-0.25, -0.2) is 9.78 Å². The summed E-state index contributed by atoms with van der Waals surface area (Å²) in [6, 6.07) is 7.67. The van der Waals surface area contributed by atoms with E-state index in [-0.39, 0.29) is 18.8 Å². The van der Waals surface area contributed by atoms with Crippen LogP contribution in [0.2, 0.25) is 0 Å². The number of nitrogens with one attached hydrogen (secondary N) is 1. The van der Waals surface area contributed by atoms with E-state index in [2.05, 4.69) is 42.2 Å². The van der Waals surface area contributed by atoms with Gasteiger partial charge in [-0.15, -0.1) is 0 Å². The maximum atomic E-state index is 12.6. The van der Waals surface area contributed by atoms with Crippen LogP contribution in [0, 0.1) is 0 Å². The molecule has 138 valence electrons. The maximum absolute atomic E-state index is 12.6. The summed E-state index contributed by atoms with van der Waals surface area (Å²) in [7, 11) is 1.56. The predicted octanol–water partition coefficient (Wildman–Crippen LogP) is 4.23. The molecule has 2 aromatic rings. The number of benzene rings is 1. The molecule has 26 heavy (non-hydrogen) atoms. The van der Waals surface area contributed by atoms with Crippen LogP contribution in [0.1, 0.15) is 23.7 Å². The predicted molar refractivity (Wildman–Crippen MR) is 106 cm³/mol. The smallest absolute Gasteiger partial charge is 0.329 e. The lowest BCUT2D eigenvalue weighted by atomic mass is 10.0. The first-order valence-corrected chi connectivity index (χ1v) is 9.44. The minimum Gasteiger partial charge on any atom is -0.497 e. The largest absolute Gasteiger partial charge is 0.497 e. The molecule has 0 bridgehead atoms. The molecule has 0 radical (unpaired) electrons. The quantitative estimate of drug-likeness (QED) is 0.445. The Morgan fingerprint density at radius 1 is 1.23 bits per heavy atom. The Bertz CT molecular complexity index is 781. The summed E-state index contributed by atoms with van der Waals surface area (Å²) in [5.41, 5.74) is 0.490. The Morgan fingerprint density at radius 2 is 1.92 bits per heavy atom. The molecule has 2 rings (SSSR count). The Labute approximate surface area is 168 Å². The van der Waals surface area contributed by atoms with Crippen molar-refractivity contribution in [2.75, 3.05) is 19.0 Å². The van der Waals surface area contributed by atoms with Crippen molar-refractivity contribution in [1.29, 1.82) is 0 Å². The molecule has 0 aliphatic heterocycles. The molecule has 1 atom stereocenters. The van der Waals surface area contributed by atoms with Crippen LogP contribution in [0.4, 0.5) is 5.82 Å². The van der Waals surface area contributed by atoms with Gasteiger partial charge in [0.1, 0.15) is 17.6 Å². The number of hydrogen-bond acceptors (Lipinski definition) is 6. The van der Waals surface area contributed by atoms with Gasteiger partial charge in [-0.3, -0.25) is 4.79 Å². The molecular formula is C18H18Br2N2O4. The molecule has 0 saturated carbocycles. The van der Waals surface area contributed by atoms with Gasteiger partial charge in [0.15, 0.2) is 5.78 Å². The van der Waals surface area contributed by atoms with Crippen molar-refractivity contribution in [2.24, 2.45) is 0 Å². The molecule has 1 N–H and O–H groups in total. The van der Waals surface area contributed by atoms with Gasteiger partial charge in [-0.2, -0.15) is 0 Å². The number of esters is 1. The Hall–Kier alpha value is -1.93. The number of methoxy groups -OCH3 is 1. The van der Waals surface area contributed by atoms with Crippen molar-refractivity contribution in [2.45, 2.75) is 19.4 Å². The molecule has 0 saturated heterocycles. The maximum Gasteiger partial charge on any atom is 0.329 e. The van der Waals surface area contributed by atoms with E-state index in [1.807, 2.05) is 0 Å². The average molecular weight is 486 g/mol. The van der Waals surface area contributed by atoms with E-state index in [1.165, 1.54) is 0 Å². The molecular weight excluding hydrogens is 468 g/mol. The van der Waals surface area contributed by atoms with Gasteiger partial charge in [0.2, 0.25) is 0 Å². The van der Waals surface area contributed by atoms with E-state index in [0.717, 1.165) is 4.47 Å². The van der Waals surface area contributed by atoms with E-state index in [9.17, 15) is 9.59 Å². The highest BCUT2D eigenvalue weighted by Crippen LogP contribution is 2.25. The second-order valence-corrected chi connectivity index (χ2v) is 7.06. The fraction of sp³-hybridized carbons (Fsp3) is 0.278. The normalized spacial score (nSPS) is 11.5. The summed E-state index contributed by atoms with van der Waals surface area (Å²) in [5.74, 6) is 0.413. The number of carbonyl (C=O) groups is 2. The van der Waals surface area contributed by atoms with Crippen molar-refractivity contribution >= 4 is 49.4 Å². The summed E-state index contributed by atoms with van der Waals surface area (Å²) >= 11 is 6.71. The number of nitrogens with zero attached hydrogens (tertiary/aromatic N) is 1. The number of pyridine rings is 1. The molecule has 0 aliphatic rings. The molecule has 0 amide bonds. The van der Waals surface area contributed by atoms with Gasteiger partial charge >= 0.3 is 5.97 Å². The van der Waals surface area contributed by atoms with E-state index in [4.69, 9.17) is 9.47 Å². The van der Waals surface area contributed by atoms with Crippen molar-refractivity contribution in [3.8, 4) is 5.75 Å². The van der Waals surface area contributed by atoms with E-state index in [0.29, 0.717) is 21.6 Å². The molecule has 1 heterocycles. The number of Topliss-reactive ketones (excluding diaryl/α,β-unsaturated/α-hetero) is 1. The number of ether oxygens (including phenoxy) is 2. The minimum absolute atomic E-state index is 0.0602. The summed E-state index contributed by atoms with van der Waals surface area (Å²) in [6.07, 6.45) is 1.54. The summed E-state index contributed by atoms with van der Waals surface area (Å²) in [5, 5.41) is 2.98. The summed E-state index contributed by atoms with van der Waals surface area (Å²) < 4.78 is 11.6. The Balaban J connectivity index is 2.18. The van der Waals surface area contributed by atoms with Crippen LogP contribution in [0.15, 0.2) is 45.5 Å². The molecule has 0 fully saturated rings. The molecule has 1 aromatic heterocycles. The van der Waals surface area contributed by atoms with Gasteiger partial charge in [-0.05, 0) is 69.1 Å². The fourth-order valence-electron chi connectivity index (χ4n) is 2.20. The van der Waals surface area contributed by atoms with Gasteiger partial charge in [0.25, 0.3) is 0 Å². The number of ketones is 1. The van der Waals surface area contributed by atoms with Gasteiger partial charge < -0.3 is 14.8 Å². The third-order valence-corrected chi connectivity index (χ3v) is 4.53. The zero-order valence-corrected chi connectivity index (χ0v) is 17.5. The van der Waals surface area contributed by atoms with Crippen molar-refractivity contribution in [3.05, 3.63) is 51.0 Å². The Morgan fingerprint density at radius 3 is 2.50 bits per heavy atom. The standard InChI is InChI=1S/C18H18Br2N2O4/c1-3-26-18(24)15(22-17-14(20)8-12(19)10-21-17)9-16(23)11-4-6-13(25-2)7-5-11/h4-8,10,15H,3,9H2,1-2H3,(H,21,22). The molecule has 8 heteroatoms. The molecule has 6 nitrogen and oxygen atoms in total. The number of aromatic nitrogens is 1. The summed E-state index contributed by atoms with van der Waals surface area (Å²) in [6.45, 7) is 1.94. The van der Waals surface area contributed by atoms with Crippen molar-refractivity contribution in [1.82, 2.24) is 4.98 Å². The van der Waals surface area contributed by atoms with Gasteiger partial charge in [-0.1, -0.05) is 0 Å². The highest BCUT2D eigenvalue weighted by molar-refractivity contribution is 9.11. The second kappa shape index (κ2) is 9.68. The lowest BCUT2D eigenvalue weighted by Crippen LogP contribution is -2.34. The number of rotatable bonds is 8. The number of anilines is 1. The van der Waals surface area contributed by atoms with E-state index >= 15 is 0 Å². The fourth-order valence-corrected chi connectivity index (χ4v) is 3.30. The van der Waals surface area contributed by atoms with Crippen molar-refractivity contribution in [3.63, 3.8) is 0 Å². The van der Waals surface area contributed by atoms with Crippen LogP contribution in [-0.4, -0.2) is 36.5 Å². The first-order valence-electron chi connectivity index (χ1n) is 7.86. The third kappa shape index (κ3) is 5.54. The zero-order valence-electron chi connectivity index (χ0n) is 14.3. The zero-order chi connectivity index (χ0) is 19.1. The van der Waals surface area contributed by atoms with Crippen LogP contribution < -0.4 is 10.1 Å². The average Bonchev–Trinajstić information content (AvgIpc) is 2.63. The monoisotopic (exact) mass is 484 g/mol. The third-order valence-electron chi connectivity index (χ3n) is 3.49. The number of carbonyl (C=O) groups excluding carboxylic acids is 2. The van der Waals surface area contributed by atoms with E-state index in [1.54, 1.807) is 50.6 Å². The highest BCUT2D eigenvalue weighted by atomic mass is 79.9. The van der Waals surface area contributed by atoms with Crippen LogP contribution in [-0.2, 0) is 9.53 Å². The number of halogens is 2. The Kier molecular flexibility index (Phi) is 7.59. The summed E-state index contributed by atoms with van der Waals surface area (Å²) in [4.78, 5) is 29.1. The lowest BCUT2D eigenvalue weighted by molar-refractivity contribution is -0.144. The van der Waals surface area contributed by atoms with Gasteiger partial charge in [0, 0.05) is 22.7 Å². The van der Waals surface area contributed by atoms with E-state index < -0.39 is 12.0 Å². The lowest BCUT2D eigenvalue weighted by Gasteiger charge is -2.18. The van der Waals surface area contributed by atoms with Crippen LogP contribution in [0.5, 0.6) is 5.75 Å². The molecule has 0 aliphatic carbocycles. The SMILES string of the molecule is CCOC(=O)C(CC(=O)c1ccc(OC)cc1)Nc1ncc(Br)cc1Br. The first kappa shape index (κ1) is 20.4. The van der Waals surface area contributed by atoms with Crippen LogP contribution >= 0.6 is 31.9 Å². The van der Waals surface area contributed by atoms with Crippen LogP contribution in [0.3, 0.4) is 0 Å². The number of hydrogen-bond donors (Lipinski definition) is 1. The molecule has 1 unspecified atom stereocenters. The minimum atomic E-state index is -0.852. The van der Waals surface area contributed by atoms with Crippen molar-refractivity contribution < 1.29 is 19.1 Å².